The highest BCUT2D eigenvalue weighted by Crippen LogP contribution is 2.39. The maximum absolute atomic E-state index is 13.7. The molecule has 1 fully saturated rings. The lowest BCUT2D eigenvalue weighted by Gasteiger charge is -2.31. The van der Waals surface area contributed by atoms with E-state index in [1.54, 1.807) is 4.90 Å². The number of amides is 2. The molecule has 11 heteroatoms. The van der Waals surface area contributed by atoms with Crippen LogP contribution in [0.1, 0.15) is 56.1 Å². The van der Waals surface area contributed by atoms with Gasteiger partial charge in [-0.1, -0.05) is 24.3 Å². The summed E-state index contributed by atoms with van der Waals surface area (Å²) < 4.78 is 33.7. The van der Waals surface area contributed by atoms with Gasteiger partial charge < -0.3 is 15.0 Å². The molecule has 4 heterocycles. The molecule has 1 N–H and O–H groups in total. The molecule has 42 heavy (non-hydrogen) atoms. The monoisotopic (exact) mass is 608 g/mol. The Hall–Kier alpha value is -3.09. The summed E-state index contributed by atoms with van der Waals surface area (Å²) in [6, 6.07) is 14.3. The molecule has 2 aromatic carbocycles. The second kappa shape index (κ2) is 11.9. The zero-order valence-corrected chi connectivity index (χ0v) is 25.6. The topological polar surface area (TPSA) is 99.3 Å². The predicted molar refractivity (Wildman–Crippen MR) is 162 cm³/mol. The summed E-state index contributed by atoms with van der Waals surface area (Å²) in [6.07, 6.45) is 1.42. The van der Waals surface area contributed by atoms with Gasteiger partial charge >= 0.3 is 0 Å². The number of hydrogen-bond acceptors (Lipinski definition) is 7. The lowest BCUT2D eigenvalue weighted by Crippen LogP contribution is -2.41. The zero-order chi connectivity index (χ0) is 29.4. The minimum Gasteiger partial charge on any atom is -0.378 e. The van der Waals surface area contributed by atoms with Gasteiger partial charge in [-0.25, -0.2) is 8.42 Å². The normalized spacial score (nSPS) is 18.0. The number of sulfonamides is 1. The minimum absolute atomic E-state index is 0.0753. The van der Waals surface area contributed by atoms with Crippen LogP contribution >= 0.6 is 11.3 Å². The van der Waals surface area contributed by atoms with E-state index in [-0.39, 0.29) is 16.7 Å². The van der Waals surface area contributed by atoms with Crippen LogP contribution in [0.3, 0.4) is 0 Å². The number of fused-ring (bicyclic) bond motifs is 2. The molecule has 0 atom stereocenters. The third kappa shape index (κ3) is 5.63. The Morgan fingerprint density at radius 2 is 1.62 bits per heavy atom. The Kier molecular flexibility index (Phi) is 8.21. The van der Waals surface area contributed by atoms with Crippen molar-refractivity contribution in [1.82, 2.24) is 14.1 Å². The molecule has 1 saturated heterocycles. The number of benzene rings is 2. The number of hydrogen-bond donors (Lipinski definition) is 1. The highest BCUT2D eigenvalue weighted by Gasteiger charge is 2.33. The molecule has 2 amide bonds. The van der Waals surface area contributed by atoms with Crippen molar-refractivity contribution in [2.75, 3.05) is 44.7 Å². The number of anilines is 1. The van der Waals surface area contributed by atoms with Crippen LogP contribution < -0.4 is 5.32 Å². The number of morpholine rings is 1. The van der Waals surface area contributed by atoms with E-state index in [0.29, 0.717) is 68.0 Å². The van der Waals surface area contributed by atoms with Crippen molar-refractivity contribution < 1.29 is 22.7 Å². The SMILES string of the molecule is CC(C)N1CCc2c(sc(NC(=O)c3ccc(S(=O)(=O)N4CCc5ccccc5C4)cc3)c2C(=O)N2CCOCC2)C1. The fourth-order valence-electron chi connectivity index (χ4n) is 5.88. The first-order chi connectivity index (χ1) is 20.2. The van der Waals surface area contributed by atoms with Crippen LogP contribution in [0.15, 0.2) is 53.4 Å². The highest BCUT2D eigenvalue weighted by molar-refractivity contribution is 7.89. The van der Waals surface area contributed by atoms with Crippen molar-refractivity contribution in [3.63, 3.8) is 0 Å². The van der Waals surface area contributed by atoms with Gasteiger partial charge in [0.1, 0.15) is 5.00 Å². The summed E-state index contributed by atoms with van der Waals surface area (Å²) in [5, 5.41) is 3.55. The molecule has 0 radical (unpaired) electrons. The van der Waals surface area contributed by atoms with Crippen molar-refractivity contribution in [2.45, 2.75) is 50.7 Å². The Morgan fingerprint density at radius 1 is 0.905 bits per heavy atom. The van der Waals surface area contributed by atoms with Crippen LogP contribution in [0.25, 0.3) is 0 Å². The van der Waals surface area contributed by atoms with Gasteiger partial charge in [-0.15, -0.1) is 11.3 Å². The third-order valence-electron chi connectivity index (χ3n) is 8.41. The summed E-state index contributed by atoms with van der Waals surface area (Å²) in [7, 11) is -3.71. The maximum Gasteiger partial charge on any atom is 0.257 e. The van der Waals surface area contributed by atoms with E-state index < -0.39 is 10.0 Å². The molecule has 0 aliphatic carbocycles. The van der Waals surface area contributed by atoms with E-state index in [9.17, 15) is 18.0 Å². The van der Waals surface area contributed by atoms with E-state index in [0.717, 1.165) is 35.5 Å². The molecular weight excluding hydrogens is 572 g/mol. The molecule has 3 aliphatic heterocycles. The molecule has 0 unspecified atom stereocenters. The van der Waals surface area contributed by atoms with Crippen molar-refractivity contribution in [2.24, 2.45) is 0 Å². The Bertz CT molecular complexity index is 1590. The average Bonchev–Trinajstić information content (AvgIpc) is 3.37. The van der Waals surface area contributed by atoms with Gasteiger partial charge in [-0.3, -0.25) is 14.5 Å². The zero-order valence-electron chi connectivity index (χ0n) is 24.0. The van der Waals surface area contributed by atoms with Crippen LogP contribution in [-0.4, -0.2) is 79.8 Å². The lowest BCUT2D eigenvalue weighted by molar-refractivity contribution is 0.0302. The largest absolute Gasteiger partial charge is 0.378 e. The van der Waals surface area contributed by atoms with Crippen LogP contribution in [0.2, 0.25) is 0 Å². The molecular formula is C31H36N4O5S2. The molecule has 0 spiro atoms. The average molecular weight is 609 g/mol. The number of carbonyl (C=O) groups excluding carboxylic acids is 2. The van der Waals surface area contributed by atoms with Gasteiger partial charge in [-0.05, 0) is 67.6 Å². The summed E-state index contributed by atoms with van der Waals surface area (Å²) in [5.74, 6) is -0.449. The van der Waals surface area contributed by atoms with E-state index in [2.05, 4.69) is 24.1 Å². The summed E-state index contributed by atoms with van der Waals surface area (Å²) in [4.78, 5) is 32.6. The van der Waals surface area contributed by atoms with E-state index in [1.807, 2.05) is 24.3 Å². The summed E-state index contributed by atoms with van der Waals surface area (Å²) in [6.45, 7) is 8.71. The molecule has 6 rings (SSSR count). The van der Waals surface area contributed by atoms with Gasteiger partial charge in [-0.2, -0.15) is 4.31 Å². The minimum atomic E-state index is -3.71. The van der Waals surface area contributed by atoms with Crippen molar-refractivity contribution in [3.8, 4) is 0 Å². The van der Waals surface area contributed by atoms with Gasteiger partial charge in [0.2, 0.25) is 10.0 Å². The maximum atomic E-state index is 13.7. The molecule has 3 aliphatic rings. The van der Waals surface area contributed by atoms with E-state index in [1.165, 1.54) is 45.5 Å². The van der Waals surface area contributed by atoms with Crippen molar-refractivity contribution in [3.05, 3.63) is 81.2 Å². The van der Waals surface area contributed by atoms with Crippen LogP contribution in [-0.2, 0) is 40.7 Å². The first-order valence-corrected chi connectivity index (χ1v) is 16.7. The predicted octanol–water partition coefficient (Wildman–Crippen LogP) is 3.99. The highest BCUT2D eigenvalue weighted by atomic mass is 32.2. The second-order valence-corrected chi connectivity index (χ2v) is 14.3. The first-order valence-electron chi connectivity index (χ1n) is 14.5. The van der Waals surface area contributed by atoms with E-state index >= 15 is 0 Å². The number of ether oxygens (including phenoxy) is 1. The molecule has 0 saturated carbocycles. The van der Waals surface area contributed by atoms with Gasteiger partial charge in [0.15, 0.2) is 0 Å². The fourth-order valence-corrected chi connectivity index (χ4v) is 8.56. The van der Waals surface area contributed by atoms with Gasteiger partial charge in [0.25, 0.3) is 11.8 Å². The van der Waals surface area contributed by atoms with Crippen molar-refractivity contribution >= 4 is 38.2 Å². The first kappa shape index (κ1) is 29.0. The van der Waals surface area contributed by atoms with Crippen LogP contribution in [0, 0.1) is 0 Å². The summed E-state index contributed by atoms with van der Waals surface area (Å²) in [5.41, 5.74) is 4.12. The Morgan fingerprint density at radius 3 is 2.33 bits per heavy atom. The molecule has 3 aromatic rings. The van der Waals surface area contributed by atoms with Gasteiger partial charge in [0.05, 0.1) is 23.7 Å². The number of nitrogens with one attached hydrogen (secondary N) is 1. The van der Waals surface area contributed by atoms with Gasteiger partial charge in [0, 0.05) is 55.8 Å². The van der Waals surface area contributed by atoms with Crippen LogP contribution in [0.4, 0.5) is 5.00 Å². The third-order valence-corrected chi connectivity index (χ3v) is 11.4. The molecule has 0 bridgehead atoms. The molecule has 222 valence electrons. The standard InChI is InChI=1S/C31H36N4O5S2/c1-21(2)34-13-12-26-27(20-34)41-30(28(26)31(37)33-15-17-40-18-16-33)32-29(36)23-7-9-25(10-8-23)42(38,39)35-14-11-22-5-3-4-6-24(22)19-35/h3-10,21H,11-20H2,1-2H3,(H,32,36). The molecule has 1 aromatic heterocycles. The lowest BCUT2D eigenvalue weighted by atomic mass is 10.0. The van der Waals surface area contributed by atoms with Crippen molar-refractivity contribution in [1.29, 1.82) is 0 Å². The van der Waals surface area contributed by atoms with E-state index in [4.69, 9.17) is 4.74 Å². The summed E-state index contributed by atoms with van der Waals surface area (Å²) >= 11 is 1.46. The smallest absolute Gasteiger partial charge is 0.257 e. The number of rotatable bonds is 6. The number of nitrogens with zero attached hydrogens (tertiary/aromatic N) is 3. The Labute approximate surface area is 251 Å². The Balaban J connectivity index is 1.22. The van der Waals surface area contributed by atoms with Crippen LogP contribution in [0.5, 0.6) is 0 Å². The molecule has 9 nitrogen and oxygen atoms in total. The quantitative estimate of drug-likeness (QED) is 0.455. The number of carbonyl (C=O) groups is 2. The fraction of sp³-hybridized carbons (Fsp3) is 0.419. The second-order valence-electron chi connectivity index (χ2n) is 11.3. The number of thiophene rings is 1.